The molecule has 0 unspecified atom stereocenters. The number of hydrogen-bond donors (Lipinski definition) is 1. The third-order valence-corrected chi connectivity index (χ3v) is 3.54. The van der Waals surface area contributed by atoms with Crippen LogP contribution in [0.15, 0.2) is 71.5 Å². The summed E-state index contributed by atoms with van der Waals surface area (Å²) in [5.74, 6) is 0.408. The Labute approximate surface area is 144 Å². The van der Waals surface area contributed by atoms with Crippen LogP contribution in [0, 0.1) is 0 Å². The number of aryl methyl sites for hydroxylation is 1. The summed E-state index contributed by atoms with van der Waals surface area (Å²) < 4.78 is 6.69. The maximum atomic E-state index is 11.9. The molecule has 6 heteroatoms. The van der Waals surface area contributed by atoms with Crippen LogP contribution in [-0.2, 0) is 11.8 Å². The summed E-state index contributed by atoms with van der Waals surface area (Å²) in [5, 5.41) is 6.97. The number of nitrogens with zero attached hydrogens (tertiary/aromatic N) is 2. The molecule has 0 radical (unpaired) electrons. The van der Waals surface area contributed by atoms with E-state index in [1.54, 1.807) is 37.4 Å². The van der Waals surface area contributed by atoms with E-state index in [1.165, 1.54) is 10.7 Å². The minimum absolute atomic E-state index is 0.0614. The van der Waals surface area contributed by atoms with E-state index >= 15 is 0 Å². The van der Waals surface area contributed by atoms with Crippen molar-refractivity contribution in [2.75, 3.05) is 11.9 Å². The summed E-state index contributed by atoms with van der Waals surface area (Å²) in [7, 11) is 1.60. The summed E-state index contributed by atoms with van der Waals surface area (Å²) >= 11 is 0. The number of para-hydroxylation sites is 1. The van der Waals surface area contributed by atoms with Gasteiger partial charge in [-0.25, -0.2) is 4.68 Å². The van der Waals surface area contributed by atoms with Crippen molar-refractivity contribution in [3.05, 3.63) is 77.1 Å². The van der Waals surface area contributed by atoms with Gasteiger partial charge < -0.3 is 10.1 Å². The van der Waals surface area contributed by atoms with Crippen LogP contribution >= 0.6 is 0 Å². The predicted octanol–water partition coefficient (Wildman–Crippen LogP) is 2.46. The fourth-order valence-corrected chi connectivity index (χ4v) is 2.24. The van der Waals surface area contributed by atoms with Crippen LogP contribution in [0.5, 0.6) is 5.75 Å². The minimum atomic E-state index is -0.239. The third-order valence-electron chi connectivity index (χ3n) is 3.54. The molecule has 0 spiro atoms. The second-order valence-corrected chi connectivity index (χ2v) is 5.41. The zero-order chi connectivity index (χ0) is 17.6. The zero-order valence-corrected chi connectivity index (χ0v) is 13.7. The van der Waals surface area contributed by atoms with Gasteiger partial charge in [-0.3, -0.25) is 9.59 Å². The van der Waals surface area contributed by atoms with Crippen molar-refractivity contribution in [3.8, 4) is 17.0 Å². The average Bonchev–Trinajstić information content (AvgIpc) is 2.64. The van der Waals surface area contributed by atoms with E-state index in [4.69, 9.17) is 4.74 Å². The number of amides is 1. The molecule has 0 fully saturated rings. The van der Waals surface area contributed by atoms with Crippen molar-refractivity contribution in [2.45, 2.75) is 0 Å². The lowest BCUT2D eigenvalue weighted by Crippen LogP contribution is -2.20. The molecule has 1 heterocycles. The van der Waals surface area contributed by atoms with Gasteiger partial charge in [0.05, 0.1) is 5.69 Å². The summed E-state index contributed by atoms with van der Waals surface area (Å²) in [4.78, 5) is 23.3. The van der Waals surface area contributed by atoms with Crippen LogP contribution < -0.4 is 15.6 Å². The molecule has 25 heavy (non-hydrogen) atoms. The molecule has 0 saturated carbocycles. The minimum Gasteiger partial charge on any atom is -0.484 e. The number of nitrogens with one attached hydrogen (secondary N) is 1. The Balaban J connectivity index is 1.61. The molecular weight excluding hydrogens is 318 g/mol. The quantitative estimate of drug-likeness (QED) is 0.777. The van der Waals surface area contributed by atoms with Gasteiger partial charge in [-0.1, -0.05) is 30.3 Å². The van der Waals surface area contributed by atoms with Crippen molar-refractivity contribution in [3.63, 3.8) is 0 Å². The van der Waals surface area contributed by atoms with E-state index in [2.05, 4.69) is 10.4 Å². The van der Waals surface area contributed by atoms with Crippen LogP contribution in [-0.4, -0.2) is 22.3 Å². The van der Waals surface area contributed by atoms with E-state index < -0.39 is 0 Å². The number of rotatable bonds is 5. The van der Waals surface area contributed by atoms with Gasteiger partial charge in [0.1, 0.15) is 5.75 Å². The molecule has 1 amide bonds. The molecule has 0 bridgehead atoms. The van der Waals surface area contributed by atoms with Crippen LogP contribution in [0.4, 0.5) is 5.69 Å². The molecule has 2 aromatic carbocycles. The monoisotopic (exact) mass is 335 g/mol. The normalized spacial score (nSPS) is 10.3. The van der Waals surface area contributed by atoms with Gasteiger partial charge in [0.25, 0.3) is 11.5 Å². The van der Waals surface area contributed by atoms with E-state index in [-0.39, 0.29) is 18.1 Å². The smallest absolute Gasteiger partial charge is 0.266 e. The first-order chi connectivity index (χ1) is 12.1. The number of carbonyl (C=O) groups is 1. The molecule has 126 valence electrons. The van der Waals surface area contributed by atoms with Gasteiger partial charge in [0.2, 0.25) is 0 Å². The van der Waals surface area contributed by atoms with Gasteiger partial charge in [-0.05, 0) is 30.3 Å². The number of ether oxygens (including phenoxy) is 1. The van der Waals surface area contributed by atoms with Crippen LogP contribution in [0.1, 0.15) is 0 Å². The molecular formula is C19H17N3O3. The van der Waals surface area contributed by atoms with Crippen molar-refractivity contribution in [2.24, 2.45) is 7.05 Å². The van der Waals surface area contributed by atoms with Gasteiger partial charge in [-0.2, -0.15) is 5.10 Å². The first-order valence-electron chi connectivity index (χ1n) is 7.74. The second kappa shape index (κ2) is 7.44. The average molecular weight is 335 g/mol. The predicted molar refractivity (Wildman–Crippen MR) is 95.5 cm³/mol. The Morgan fingerprint density at radius 2 is 1.76 bits per heavy atom. The van der Waals surface area contributed by atoms with Crippen LogP contribution in [0.2, 0.25) is 0 Å². The molecule has 0 saturated heterocycles. The molecule has 0 aliphatic heterocycles. The highest BCUT2D eigenvalue weighted by atomic mass is 16.5. The van der Waals surface area contributed by atoms with Crippen molar-refractivity contribution < 1.29 is 9.53 Å². The highest BCUT2D eigenvalue weighted by Crippen LogP contribution is 2.18. The summed E-state index contributed by atoms with van der Waals surface area (Å²) in [6, 6.07) is 19.5. The van der Waals surface area contributed by atoms with Gasteiger partial charge in [0.15, 0.2) is 6.61 Å². The Morgan fingerprint density at radius 3 is 2.44 bits per heavy atom. The number of aromatic nitrogens is 2. The molecule has 0 aliphatic rings. The van der Waals surface area contributed by atoms with Gasteiger partial charge in [0, 0.05) is 24.4 Å². The molecule has 0 aliphatic carbocycles. The third kappa shape index (κ3) is 4.32. The molecule has 3 aromatic rings. The SMILES string of the molecule is Cn1nc(-c2ccc(NC(=O)COc3ccccc3)cc2)ccc1=O. The Morgan fingerprint density at radius 1 is 1.04 bits per heavy atom. The fourth-order valence-electron chi connectivity index (χ4n) is 2.24. The Kier molecular flexibility index (Phi) is 4.89. The lowest BCUT2D eigenvalue weighted by molar-refractivity contribution is -0.118. The highest BCUT2D eigenvalue weighted by molar-refractivity contribution is 5.92. The zero-order valence-electron chi connectivity index (χ0n) is 13.7. The summed E-state index contributed by atoms with van der Waals surface area (Å²) in [6.45, 7) is -0.0614. The van der Waals surface area contributed by atoms with Gasteiger partial charge >= 0.3 is 0 Å². The number of anilines is 1. The molecule has 6 nitrogen and oxygen atoms in total. The molecule has 0 atom stereocenters. The molecule has 3 rings (SSSR count). The van der Waals surface area contributed by atoms with E-state index in [1.807, 2.05) is 30.3 Å². The topological polar surface area (TPSA) is 73.2 Å². The van der Waals surface area contributed by atoms with E-state index in [9.17, 15) is 9.59 Å². The van der Waals surface area contributed by atoms with E-state index in [0.29, 0.717) is 17.1 Å². The fraction of sp³-hybridized carbons (Fsp3) is 0.105. The second-order valence-electron chi connectivity index (χ2n) is 5.41. The lowest BCUT2D eigenvalue weighted by atomic mass is 10.1. The van der Waals surface area contributed by atoms with Crippen LogP contribution in [0.25, 0.3) is 11.3 Å². The largest absolute Gasteiger partial charge is 0.484 e. The van der Waals surface area contributed by atoms with Crippen molar-refractivity contribution in [1.29, 1.82) is 0 Å². The number of carbonyl (C=O) groups excluding carboxylic acids is 1. The van der Waals surface area contributed by atoms with Crippen LogP contribution in [0.3, 0.4) is 0 Å². The van der Waals surface area contributed by atoms with E-state index in [0.717, 1.165) is 5.56 Å². The maximum Gasteiger partial charge on any atom is 0.266 e. The standard InChI is InChI=1S/C19H17N3O3/c1-22-19(24)12-11-17(21-22)14-7-9-15(10-8-14)20-18(23)13-25-16-5-3-2-4-6-16/h2-12H,13H2,1H3,(H,20,23). The summed E-state index contributed by atoms with van der Waals surface area (Å²) in [6.07, 6.45) is 0. The van der Waals surface area contributed by atoms with Gasteiger partial charge in [-0.15, -0.1) is 0 Å². The molecule has 1 aromatic heterocycles. The lowest BCUT2D eigenvalue weighted by Gasteiger charge is -2.08. The maximum absolute atomic E-state index is 11.9. The highest BCUT2D eigenvalue weighted by Gasteiger charge is 2.05. The first kappa shape index (κ1) is 16.4. The molecule has 1 N–H and O–H groups in total. The first-order valence-corrected chi connectivity index (χ1v) is 7.74. The number of hydrogen-bond acceptors (Lipinski definition) is 4. The van der Waals surface area contributed by atoms with Crippen molar-refractivity contribution in [1.82, 2.24) is 9.78 Å². The Hall–Kier alpha value is -3.41. The van der Waals surface area contributed by atoms with Crippen molar-refractivity contribution >= 4 is 11.6 Å². The Bertz CT molecular complexity index is 919. The number of benzene rings is 2. The summed E-state index contributed by atoms with van der Waals surface area (Å²) in [5.41, 5.74) is 2.04.